The van der Waals surface area contributed by atoms with Crippen LogP contribution in [0, 0.1) is 5.92 Å². The molecule has 2 aliphatic rings. The Labute approximate surface area is 159 Å². The normalized spacial score (nSPS) is 26.4. The first kappa shape index (κ1) is 17.6. The van der Waals surface area contributed by atoms with Gasteiger partial charge in [-0.2, -0.15) is 0 Å². The van der Waals surface area contributed by atoms with E-state index in [2.05, 4.69) is 68.5 Å². The van der Waals surface area contributed by atoms with Crippen LogP contribution in [0.1, 0.15) is 81.8 Å². The zero-order valence-electron chi connectivity index (χ0n) is 16.4. The van der Waals surface area contributed by atoms with Gasteiger partial charge < -0.3 is 0 Å². The molecule has 0 spiro atoms. The molecule has 1 fully saturated rings. The van der Waals surface area contributed by atoms with Gasteiger partial charge in [-0.1, -0.05) is 79.9 Å². The van der Waals surface area contributed by atoms with Crippen molar-refractivity contribution in [1.82, 2.24) is 0 Å². The first-order chi connectivity index (χ1) is 12.7. The van der Waals surface area contributed by atoms with Gasteiger partial charge in [0.2, 0.25) is 0 Å². The summed E-state index contributed by atoms with van der Waals surface area (Å²) in [6.45, 7) is 4.66. The molecule has 0 saturated heterocycles. The van der Waals surface area contributed by atoms with Gasteiger partial charge in [0.05, 0.1) is 0 Å². The molecule has 0 amide bonds. The van der Waals surface area contributed by atoms with Crippen LogP contribution in [0.15, 0.2) is 60.2 Å². The van der Waals surface area contributed by atoms with E-state index in [0.717, 1.165) is 11.8 Å². The maximum absolute atomic E-state index is 2.42. The van der Waals surface area contributed by atoms with E-state index in [4.69, 9.17) is 0 Å². The fourth-order valence-corrected chi connectivity index (χ4v) is 4.76. The number of rotatable bonds is 3. The Kier molecular flexibility index (Phi) is 5.29. The lowest BCUT2D eigenvalue weighted by atomic mass is 9.79. The topological polar surface area (TPSA) is 0 Å². The van der Waals surface area contributed by atoms with Gasteiger partial charge in [0, 0.05) is 0 Å². The summed E-state index contributed by atoms with van der Waals surface area (Å²) in [7, 11) is 0. The summed E-state index contributed by atoms with van der Waals surface area (Å²) in [6.07, 6.45) is 11.7. The van der Waals surface area contributed by atoms with E-state index in [-0.39, 0.29) is 0 Å². The van der Waals surface area contributed by atoms with Gasteiger partial charge >= 0.3 is 0 Å². The maximum Gasteiger partial charge on any atom is -0.0124 e. The van der Waals surface area contributed by atoms with Crippen LogP contribution in [0.25, 0.3) is 11.1 Å². The molecule has 136 valence electrons. The number of allylic oxidation sites excluding steroid dienone is 2. The van der Waals surface area contributed by atoms with Crippen molar-refractivity contribution in [2.45, 2.75) is 70.6 Å². The van der Waals surface area contributed by atoms with E-state index >= 15 is 0 Å². The Balaban J connectivity index is 1.44. The lowest BCUT2D eigenvalue weighted by molar-refractivity contribution is 0.348. The Bertz CT molecular complexity index is 740. The molecule has 2 aromatic carbocycles. The van der Waals surface area contributed by atoms with E-state index in [1.165, 1.54) is 61.6 Å². The zero-order chi connectivity index (χ0) is 17.9. The second-order valence-electron chi connectivity index (χ2n) is 8.72. The van der Waals surface area contributed by atoms with E-state index < -0.39 is 0 Å². The maximum atomic E-state index is 2.42. The van der Waals surface area contributed by atoms with Crippen LogP contribution >= 0.6 is 0 Å². The molecule has 0 bridgehead atoms. The highest BCUT2D eigenvalue weighted by molar-refractivity contribution is 5.64. The first-order valence-electron chi connectivity index (χ1n) is 10.5. The van der Waals surface area contributed by atoms with Gasteiger partial charge in [0.1, 0.15) is 0 Å². The summed E-state index contributed by atoms with van der Waals surface area (Å²) in [5, 5.41) is 0. The van der Waals surface area contributed by atoms with Crippen LogP contribution in [0.5, 0.6) is 0 Å². The molecule has 4 rings (SSSR count). The molecule has 0 N–H and O–H groups in total. The Hall–Kier alpha value is -1.82. The summed E-state index contributed by atoms with van der Waals surface area (Å²) in [4.78, 5) is 0. The van der Waals surface area contributed by atoms with Crippen LogP contribution in [0.4, 0.5) is 0 Å². The Morgan fingerprint density at radius 2 is 1.19 bits per heavy atom. The van der Waals surface area contributed by atoms with Crippen molar-refractivity contribution < 1.29 is 0 Å². The lowest BCUT2D eigenvalue weighted by Crippen LogP contribution is -2.10. The standard InChI is InChI=1S/C26H32/c1-19-3-7-21(8-4-19)23-11-15-25(16-12-23)26-17-13-24(14-18-26)22-9-5-20(2)6-10-22/h3,11-18,20-22H,4-10H2,1-2H3. The highest BCUT2D eigenvalue weighted by atomic mass is 14.2. The molecule has 0 aromatic heterocycles. The quantitative estimate of drug-likeness (QED) is 0.497. The van der Waals surface area contributed by atoms with Crippen molar-refractivity contribution in [1.29, 1.82) is 0 Å². The third kappa shape index (κ3) is 3.95. The number of hydrogen-bond acceptors (Lipinski definition) is 0. The third-order valence-corrected chi connectivity index (χ3v) is 6.75. The molecular weight excluding hydrogens is 312 g/mol. The van der Waals surface area contributed by atoms with Crippen molar-refractivity contribution in [3.8, 4) is 11.1 Å². The summed E-state index contributed by atoms with van der Waals surface area (Å²) in [5.41, 5.74) is 7.31. The average molecular weight is 345 g/mol. The summed E-state index contributed by atoms with van der Waals surface area (Å²) in [5.74, 6) is 2.42. The van der Waals surface area contributed by atoms with E-state index in [9.17, 15) is 0 Å². The molecule has 0 heterocycles. The van der Waals surface area contributed by atoms with E-state index in [1.807, 2.05) is 0 Å². The number of benzene rings is 2. The van der Waals surface area contributed by atoms with Gasteiger partial charge in [-0.15, -0.1) is 0 Å². The minimum absolute atomic E-state index is 0.712. The molecule has 2 aliphatic carbocycles. The van der Waals surface area contributed by atoms with Gasteiger partial charge in [-0.05, 0) is 79.0 Å². The molecule has 0 aliphatic heterocycles. The number of hydrogen-bond donors (Lipinski definition) is 0. The molecule has 2 aromatic rings. The molecular formula is C26H32. The first-order valence-corrected chi connectivity index (χ1v) is 10.5. The molecule has 1 saturated carbocycles. The van der Waals surface area contributed by atoms with Gasteiger partial charge in [0.15, 0.2) is 0 Å². The van der Waals surface area contributed by atoms with Crippen molar-refractivity contribution >= 4 is 0 Å². The van der Waals surface area contributed by atoms with Crippen molar-refractivity contribution in [2.75, 3.05) is 0 Å². The van der Waals surface area contributed by atoms with Crippen LogP contribution in [-0.4, -0.2) is 0 Å². The smallest absolute Gasteiger partial charge is 0.0124 e. The second-order valence-corrected chi connectivity index (χ2v) is 8.72. The predicted octanol–water partition coefficient (Wildman–Crippen LogP) is 7.86. The van der Waals surface area contributed by atoms with E-state index in [1.54, 1.807) is 11.1 Å². The zero-order valence-corrected chi connectivity index (χ0v) is 16.4. The minimum Gasteiger partial charge on any atom is -0.0850 e. The fraction of sp³-hybridized carbons (Fsp3) is 0.462. The summed E-state index contributed by atoms with van der Waals surface area (Å²) >= 11 is 0. The molecule has 1 unspecified atom stereocenters. The predicted molar refractivity (Wildman–Crippen MR) is 113 cm³/mol. The molecule has 26 heavy (non-hydrogen) atoms. The van der Waals surface area contributed by atoms with Crippen LogP contribution < -0.4 is 0 Å². The lowest BCUT2D eigenvalue weighted by Gasteiger charge is -2.26. The van der Waals surface area contributed by atoms with Gasteiger partial charge in [-0.25, -0.2) is 0 Å². The fourth-order valence-electron chi connectivity index (χ4n) is 4.76. The average Bonchev–Trinajstić information content (AvgIpc) is 2.70. The van der Waals surface area contributed by atoms with Crippen LogP contribution in [0.3, 0.4) is 0 Å². The molecule has 0 heteroatoms. The highest BCUT2D eigenvalue weighted by Crippen LogP contribution is 2.36. The van der Waals surface area contributed by atoms with E-state index in [0.29, 0.717) is 5.92 Å². The summed E-state index contributed by atoms with van der Waals surface area (Å²) < 4.78 is 0. The monoisotopic (exact) mass is 344 g/mol. The molecule has 0 nitrogen and oxygen atoms in total. The third-order valence-electron chi connectivity index (χ3n) is 6.75. The van der Waals surface area contributed by atoms with Crippen molar-refractivity contribution in [2.24, 2.45) is 5.92 Å². The Morgan fingerprint density at radius 1 is 0.654 bits per heavy atom. The minimum atomic E-state index is 0.712. The van der Waals surface area contributed by atoms with Crippen LogP contribution in [-0.2, 0) is 0 Å². The highest BCUT2D eigenvalue weighted by Gasteiger charge is 2.19. The van der Waals surface area contributed by atoms with Crippen molar-refractivity contribution in [3.05, 3.63) is 71.3 Å². The van der Waals surface area contributed by atoms with Gasteiger partial charge in [0.25, 0.3) is 0 Å². The molecule has 1 atom stereocenters. The largest absolute Gasteiger partial charge is 0.0850 e. The Morgan fingerprint density at radius 3 is 1.69 bits per heavy atom. The van der Waals surface area contributed by atoms with Crippen molar-refractivity contribution in [3.63, 3.8) is 0 Å². The van der Waals surface area contributed by atoms with Crippen LogP contribution in [0.2, 0.25) is 0 Å². The SMILES string of the molecule is CC1=CCC(c2ccc(-c3ccc(C4CCC(C)CC4)cc3)cc2)CC1. The second kappa shape index (κ2) is 7.82. The molecule has 0 radical (unpaired) electrons. The summed E-state index contributed by atoms with van der Waals surface area (Å²) in [6, 6.07) is 18.7. The van der Waals surface area contributed by atoms with Gasteiger partial charge in [-0.3, -0.25) is 0 Å².